The minimum Gasteiger partial charge on any atom is -0.463 e. The van der Waals surface area contributed by atoms with Gasteiger partial charge < -0.3 is 89.1 Å². The average molecular weight is 1450 g/mol. The zero-order valence-electron chi connectivity index (χ0n) is 61.0. The summed E-state index contributed by atoms with van der Waals surface area (Å²) in [7, 11) is -5.72. The summed E-state index contributed by atoms with van der Waals surface area (Å²) in [5.74, 6) is -2.25. The van der Waals surface area contributed by atoms with E-state index in [0.29, 0.717) is 12.8 Å². The number of phosphoric ester groups is 1. The van der Waals surface area contributed by atoms with Crippen molar-refractivity contribution in [1.82, 2.24) is 0 Å². The van der Waals surface area contributed by atoms with Crippen LogP contribution in [0.4, 0.5) is 0 Å². The Labute approximate surface area is 597 Å². The molecule has 3 aliphatic rings. The molecule has 25 heteroatoms. The van der Waals surface area contributed by atoms with Crippen LogP contribution in [0.2, 0.25) is 0 Å². The van der Waals surface area contributed by atoms with Gasteiger partial charge in [-0.2, -0.15) is 0 Å². The van der Waals surface area contributed by atoms with Crippen molar-refractivity contribution >= 4 is 25.7 Å². The maximum Gasteiger partial charge on any atom is 0.472 e. The highest BCUT2D eigenvalue weighted by Gasteiger charge is 2.58. The van der Waals surface area contributed by atoms with Gasteiger partial charge in [-0.15, -0.1) is 0 Å². The molecule has 1 aliphatic carbocycles. The molecular formula is C75H135O24P. The van der Waals surface area contributed by atoms with Gasteiger partial charge in [0.2, 0.25) is 0 Å². The van der Waals surface area contributed by atoms with Crippen LogP contribution in [0.25, 0.3) is 0 Å². The number of esters is 3. The molecule has 3 rings (SSSR count). The van der Waals surface area contributed by atoms with E-state index in [2.05, 4.69) is 32.9 Å². The van der Waals surface area contributed by atoms with E-state index in [0.717, 1.165) is 115 Å². The second-order valence-electron chi connectivity index (χ2n) is 27.8. The fourth-order valence-corrected chi connectivity index (χ4v) is 13.6. The van der Waals surface area contributed by atoms with Gasteiger partial charge in [-0.3, -0.25) is 18.6 Å². The van der Waals surface area contributed by atoms with Gasteiger partial charge in [-0.05, 0) is 51.4 Å². The summed E-state index contributed by atoms with van der Waals surface area (Å²) in [6, 6.07) is 0. The number of rotatable bonds is 60. The summed E-state index contributed by atoms with van der Waals surface area (Å²) >= 11 is 0. The third kappa shape index (κ3) is 39.0. The molecule has 0 aromatic carbocycles. The van der Waals surface area contributed by atoms with E-state index in [4.69, 9.17) is 42.2 Å². The average Bonchev–Trinajstić information content (AvgIpc) is 0.762. The Balaban J connectivity index is 1.74. The molecule has 18 unspecified atom stereocenters. The number of aliphatic hydroxyl groups excluding tert-OH is 10. The first-order valence-corrected chi connectivity index (χ1v) is 40.3. The molecule has 2 saturated heterocycles. The number of carbonyl (C=O) groups is 3. The largest absolute Gasteiger partial charge is 0.472 e. The summed E-state index contributed by atoms with van der Waals surface area (Å²) in [5, 5.41) is 110. The Bertz CT molecular complexity index is 2210. The third-order valence-corrected chi connectivity index (χ3v) is 20.0. The first kappa shape index (κ1) is 91.4. The summed E-state index contributed by atoms with van der Waals surface area (Å²) < 4.78 is 64.8. The second-order valence-corrected chi connectivity index (χ2v) is 29.2. The summed E-state index contributed by atoms with van der Waals surface area (Å²) in [6.07, 6.45) is 19.8. The number of ether oxygens (including phenoxy) is 7. The molecule has 2 heterocycles. The van der Waals surface area contributed by atoms with Gasteiger partial charge in [0.15, 0.2) is 18.7 Å². The number of hydrogen-bond acceptors (Lipinski definition) is 23. The number of hydrogen-bond donors (Lipinski definition) is 11. The Morgan fingerprint density at radius 2 is 0.770 bits per heavy atom. The maximum atomic E-state index is 14.3. The first-order valence-electron chi connectivity index (χ1n) is 38.8. The zero-order valence-corrected chi connectivity index (χ0v) is 61.9. The van der Waals surface area contributed by atoms with E-state index in [1.165, 1.54) is 141 Å². The van der Waals surface area contributed by atoms with Crippen LogP contribution >= 0.6 is 7.82 Å². The van der Waals surface area contributed by atoms with Gasteiger partial charge >= 0.3 is 25.7 Å². The van der Waals surface area contributed by atoms with Crippen molar-refractivity contribution in [3.63, 3.8) is 0 Å². The van der Waals surface area contributed by atoms with Crippen LogP contribution in [0.5, 0.6) is 0 Å². The van der Waals surface area contributed by atoms with Crippen molar-refractivity contribution in [3.05, 3.63) is 36.5 Å². The summed E-state index contributed by atoms with van der Waals surface area (Å²) in [5.41, 5.74) is 0. The molecule has 0 radical (unpaired) electrons. The molecule has 18 atom stereocenters. The molecule has 1 saturated carbocycles. The lowest BCUT2D eigenvalue weighted by molar-refractivity contribution is -0.360. The van der Waals surface area contributed by atoms with Gasteiger partial charge in [-0.1, -0.05) is 257 Å². The SMILES string of the molecule is CCCCCC/C=C\CCCCCCCCCC(=O)OCC1OC(OC2C(O)C(O)C(O)C(OC3OC(CO)C(O)C(O)C3O)C2OP(=O)(O)OCC(COC(=O)CCCCCCCCCCCCCCCCC)OC(=O)/C=C/C=C/CCCCCCCCCCCCC)C(O)C(O)C1O. The number of carbonyl (C=O) groups excluding carboxylic acids is 3. The highest BCUT2D eigenvalue weighted by Crippen LogP contribution is 2.49. The van der Waals surface area contributed by atoms with Crippen molar-refractivity contribution in [2.75, 3.05) is 26.4 Å². The predicted molar refractivity (Wildman–Crippen MR) is 379 cm³/mol. The van der Waals surface area contributed by atoms with Crippen molar-refractivity contribution in [1.29, 1.82) is 0 Å². The lowest BCUT2D eigenvalue weighted by Gasteiger charge is -2.49. The Hall–Kier alpha value is -2.82. The number of phosphoric acid groups is 1. The zero-order chi connectivity index (χ0) is 73.2. The molecule has 2 aliphatic heterocycles. The van der Waals surface area contributed by atoms with Gasteiger partial charge in [0.25, 0.3) is 0 Å². The van der Waals surface area contributed by atoms with Crippen molar-refractivity contribution in [2.45, 2.75) is 395 Å². The minimum absolute atomic E-state index is 0.0196. The first-order chi connectivity index (χ1) is 48.3. The van der Waals surface area contributed by atoms with E-state index < -0.39 is 156 Å². The second kappa shape index (κ2) is 56.5. The predicted octanol–water partition coefficient (Wildman–Crippen LogP) is 11.1. The number of unbranched alkanes of at least 4 members (excludes halogenated alkanes) is 36. The van der Waals surface area contributed by atoms with Crippen LogP contribution in [0.3, 0.4) is 0 Å². The van der Waals surface area contributed by atoms with E-state index >= 15 is 0 Å². The molecule has 584 valence electrons. The molecule has 0 aromatic heterocycles. The number of aliphatic hydroxyl groups is 10. The van der Waals surface area contributed by atoms with Crippen LogP contribution in [-0.2, 0) is 61.2 Å². The lowest BCUT2D eigenvalue weighted by atomic mass is 9.84. The lowest BCUT2D eigenvalue weighted by Crippen LogP contribution is -2.69. The standard InChI is InChI=1S/C75H135O24P/c1-4-7-10-13-16-19-22-25-28-31-34-37-40-43-46-49-59(77)91-53-56(94-61(79)51-48-45-42-39-36-33-30-27-24-21-18-15-12-9-6-3)54-93-100(89,90)99-73-71(97-74-69(87)64(82)62(80)57(52-76)95-74)67(85)66(84)68(86)72(73)98-75-70(88)65(83)63(81)58(96-75)55-92-60(78)50-47-44-41-38-35-32-29-26-23-20-17-14-11-8-5-2/h20,23,42,45,48,51,56-58,62-76,80-88H,4-19,21-22,24-41,43-44,46-47,49-50,52-55H2,1-3H3,(H,89,90)/b23-20-,45-42+,51-48+. The van der Waals surface area contributed by atoms with Crippen molar-refractivity contribution in [2.24, 2.45) is 0 Å². The van der Waals surface area contributed by atoms with E-state index in [9.17, 15) is 74.9 Å². The molecule has 0 spiro atoms. The fraction of sp³-hybridized carbons (Fsp3) is 0.880. The van der Waals surface area contributed by atoms with Gasteiger partial charge in [0.1, 0.15) is 98.7 Å². The Morgan fingerprint density at radius 3 is 1.20 bits per heavy atom. The monoisotopic (exact) mass is 1450 g/mol. The quantitative estimate of drug-likeness (QED) is 0.00512. The van der Waals surface area contributed by atoms with Crippen LogP contribution in [-0.4, -0.2) is 204 Å². The van der Waals surface area contributed by atoms with Crippen LogP contribution in [0.15, 0.2) is 36.5 Å². The summed E-state index contributed by atoms with van der Waals surface area (Å²) in [6.45, 7) is 3.34. The van der Waals surface area contributed by atoms with Gasteiger partial charge in [-0.25, -0.2) is 9.36 Å². The van der Waals surface area contributed by atoms with E-state index in [1.807, 2.05) is 6.08 Å². The Morgan fingerprint density at radius 1 is 0.410 bits per heavy atom. The van der Waals surface area contributed by atoms with Crippen molar-refractivity contribution < 1.29 is 117 Å². The van der Waals surface area contributed by atoms with Gasteiger partial charge in [0.05, 0.1) is 13.2 Å². The highest BCUT2D eigenvalue weighted by molar-refractivity contribution is 7.47. The molecule has 100 heavy (non-hydrogen) atoms. The minimum atomic E-state index is -5.72. The normalized spacial score (nSPS) is 27.5. The fourth-order valence-electron chi connectivity index (χ4n) is 12.7. The van der Waals surface area contributed by atoms with E-state index in [1.54, 1.807) is 6.08 Å². The van der Waals surface area contributed by atoms with Gasteiger partial charge in [0, 0.05) is 18.9 Å². The summed E-state index contributed by atoms with van der Waals surface area (Å²) in [4.78, 5) is 50.9. The molecule has 0 amide bonds. The van der Waals surface area contributed by atoms with Crippen LogP contribution in [0, 0.1) is 0 Å². The molecule has 11 N–H and O–H groups in total. The third-order valence-electron chi connectivity index (χ3n) is 19.0. The Kier molecular flexibility index (Phi) is 51.6. The molecule has 24 nitrogen and oxygen atoms in total. The molecular weight excluding hydrogens is 1320 g/mol. The smallest absolute Gasteiger partial charge is 0.463 e. The molecule has 3 fully saturated rings. The highest BCUT2D eigenvalue weighted by atomic mass is 31.2. The topological polar surface area (TPSA) is 374 Å². The molecule has 0 bridgehead atoms. The number of allylic oxidation sites excluding steroid dienone is 5. The maximum absolute atomic E-state index is 14.3. The molecule has 0 aromatic rings. The van der Waals surface area contributed by atoms with Crippen LogP contribution in [0.1, 0.15) is 290 Å². The van der Waals surface area contributed by atoms with Crippen LogP contribution < -0.4 is 0 Å². The van der Waals surface area contributed by atoms with E-state index in [-0.39, 0.29) is 12.8 Å². The van der Waals surface area contributed by atoms with Crippen molar-refractivity contribution in [3.8, 4) is 0 Å².